The van der Waals surface area contributed by atoms with Crippen molar-refractivity contribution in [3.8, 4) is 0 Å². The van der Waals surface area contributed by atoms with Crippen LogP contribution in [0.5, 0.6) is 0 Å². The highest BCUT2D eigenvalue weighted by Crippen LogP contribution is 2.37. The molecule has 156 valence electrons. The molecule has 3 N–H and O–H groups in total. The van der Waals surface area contributed by atoms with Gasteiger partial charge in [0.1, 0.15) is 12.4 Å². The molecule has 0 radical (unpaired) electrons. The van der Waals surface area contributed by atoms with Crippen molar-refractivity contribution < 1.29 is 14.3 Å². The molecular weight excluding hydrogens is 392 g/mol. The Labute approximate surface area is 179 Å². The van der Waals surface area contributed by atoms with Gasteiger partial charge < -0.3 is 20.7 Å². The summed E-state index contributed by atoms with van der Waals surface area (Å²) < 4.78 is 5.12. The number of rotatable bonds is 4. The third-order valence-electron chi connectivity index (χ3n) is 5.78. The third-order valence-corrected chi connectivity index (χ3v) is 5.78. The van der Waals surface area contributed by atoms with Crippen LogP contribution in [0.1, 0.15) is 45.7 Å². The summed E-state index contributed by atoms with van der Waals surface area (Å²) >= 11 is 0. The number of hydrogen-bond acceptors (Lipinski definition) is 6. The van der Waals surface area contributed by atoms with Gasteiger partial charge in [0, 0.05) is 40.8 Å². The fourth-order valence-corrected chi connectivity index (χ4v) is 4.05. The van der Waals surface area contributed by atoms with Gasteiger partial charge in [-0.05, 0) is 42.0 Å². The van der Waals surface area contributed by atoms with Crippen molar-refractivity contribution in [1.82, 2.24) is 4.98 Å². The van der Waals surface area contributed by atoms with E-state index in [2.05, 4.69) is 40.8 Å². The van der Waals surface area contributed by atoms with Gasteiger partial charge in [0.25, 0.3) is 5.91 Å². The molecule has 3 heterocycles. The standard InChI is InChI=1S/C24H22N4O3/c1-24(2)13-26-20-11-14(8-9-18(20)24)27-22(29)16-6-4-10-25-21(16)28-19-7-3-5-15-17(19)12-31-23(15)30/h3-11,26H,12-13H2,1-2H3,(H,25,28)(H,27,29). The maximum atomic E-state index is 13.0. The second-order valence-electron chi connectivity index (χ2n) is 8.38. The molecule has 1 aromatic heterocycles. The topological polar surface area (TPSA) is 92.3 Å². The lowest BCUT2D eigenvalue weighted by atomic mass is 9.87. The van der Waals surface area contributed by atoms with E-state index in [4.69, 9.17) is 4.74 Å². The Kier molecular flexibility index (Phi) is 4.39. The minimum Gasteiger partial charge on any atom is -0.457 e. The summed E-state index contributed by atoms with van der Waals surface area (Å²) in [6.07, 6.45) is 1.62. The fourth-order valence-electron chi connectivity index (χ4n) is 4.05. The molecule has 0 saturated heterocycles. The smallest absolute Gasteiger partial charge is 0.338 e. The summed E-state index contributed by atoms with van der Waals surface area (Å²) in [6.45, 7) is 5.45. The number of hydrogen-bond donors (Lipinski definition) is 3. The SMILES string of the molecule is CC1(C)CNc2cc(NC(=O)c3cccnc3Nc3cccc4c3COC4=O)ccc21. The second-order valence-corrected chi connectivity index (χ2v) is 8.38. The maximum absolute atomic E-state index is 13.0. The number of anilines is 4. The first-order valence-corrected chi connectivity index (χ1v) is 10.1. The van der Waals surface area contributed by atoms with Crippen molar-refractivity contribution >= 4 is 34.8 Å². The molecule has 0 fully saturated rings. The van der Waals surface area contributed by atoms with E-state index in [9.17, 15) is 9.59 Å². The van der Waals surface area contributed by atoms with Crippen LogP contribution < -0.4 is 16.0 Å². The van der Waals surface area contributed by atoms with Gasteiger partial charge in [0.15, 0.2) is 0 Å². The number of fused-ring (bicyclic) bond motifs is 2. The minimum atomic E-state index is -0.342. The Bertz CT molecular complexity index is 1220. The molecule has 0 unspecified atom stereocenters. The predicted molar refractivity (Wildman–Crippen MR) is 119 cm³/mol. The van der Waals surface area contributed by atoms with E-state index in [0.717, 1.165) is 17.8 Å². The Morgan fingerprint density at radius 1 is 1.16 bits per heavy atom. The Hall–Kier alpha value is -3.87. The number of esters is 1. The van der Waals surface area contributed by atoms with Gasteiger partial charge in [-0.1, -0.05) is 26.0 Å². The van der Waals surface area contributed by atoms with E-state index >= 15 is 0 Å². The zero-order valence-electron chi connectivity index (χ0n) is 17.3. The van der Waals surface area contributed by atoms with Gasteiger partial charge in [0.05, 0.1) is 11.1 Å². The number of benzene rings is 2. The van der Waals surface area contributed by atoms with Crippen molar-refractivity contribution in [2.24, 2.45) is 0 Å². The number of ether oxygens (including phenoxy) is 1. The van der Waals surface area contributed by atoms with E-state index in [1.807, 2.05) is 18.2 Å². The van der Waals surface area contributed by atoms with Crippen LogP contribution in [0.4, 0.5) is 22.9 Å². The maximum Gasteiger partial charge on any atom is 0.338 e. The van der Waals surface area contributed by atoms with E-state index < -0.39 is 0 Å². The van der Waals surface area contributed by atoms with Gasteiger partial charge in [0.2, 0.25) is 0 Å². The van der Waals surface area contributed by atoms with Crippen molar-refractivity contribution in [3.63, 3.8) is 0 Å². The fraction of sp³-hybridized carbons (Fsp3) is 0.208. The molecule has 2 aliphatic rings. The molecular formula is C24H22N4O3. The summed E-state index contributed by atoms with van der Waals surface area (Å²) in [6, 6.07) is 14.7. The number of amides is 1. The number of carbonyl (C=O) groups excluding carboxylic acids is 2. The van der Waals surface area contributed by atoms with Crippen molar-refractivity contribution in [3.05, 3.63) is 77.0 Å². The first-order chi connectivity index (χ1) is 14.9. The van der Waals surface area contributed by atoms with Gasteiger partial charge in [-0.25, -0.2) is 9.78 Å². The molecule has 0 bridgehead atoms. The molecule has 2 aliphatic heterocycles. The van der Waals surface area contributed by atoms with Crippen LogP contribution in [0, 0.1) is 0 Å². The number of carbonyl (C=O) groups is 2. The zero-order valence-corrected chi connectivity index (χ0v) is 17.3. The van der Waals surface area contributed by atoms with Crippen LogP contribution in [-0.4, -0.2) is 23.4 Å². The molecule has 7 nitrogen and oxygen atoms in total. The summed E-state index contributed by atoms with van der Waals surface area (Å²) in [5.41, 5.74) is 5.44. The Morgan fingerprint density at radius 3 is 2.90 bits per heavy atom. The van der Waals surface area contributed by atoms with Gasteiger partial charge >= 0.3 is 5.97 Å². The second kappa shape index (κ2) is 7.12. The molecule has 0 atom stereocenters. The molecule has 31 heavy (non-hydrogen) atoms. The van der Waals surface area contributed by atoms with Crippen LogP contribution in [0.3, 0.4) is 0 Å². The van der Waals surface area contributed by atoms with E-state index in [1.165, 1.54) is 5.56 Å². The van der Waals surface area contributed by atoms with Crippen LogP contribution in [0.25, 0.3) is 0 Å². The third kappa shape index (κ3) is 3.38. The zero-order chi connectivity index (χ0) is 21.6. The quantitative estimate of drug-likeness (QED) is 0.546. The average molecular weight is 414 g/mol. The molecule has 2 aromatic carbocycles. The monoisotopic (exact) mass is 414 g/mol. The largest absolute Gasteiger partial charge is 0.457 e. The van der Waals surface area contributed by atoms with E-state index in [1.54, 1.807) is 30.5 Å². The van der Waals surface area contributed by atoms with Crippen molar-refractivity contribution in [1.29, 1.82) is 0 Å². The van der Waals surface area contributed by atoms with Crippen molar-refractivity contribution in [2.45, 2.75) is 25.9 Å². The number of pyridine rings is 1. The van der Waals surface area contributed by atoms with Crippen LogP contribution in [0.2, 0.25) is 0 Å². The highest BCUT2D eigenvalue weighted by molar-refractivity contribution is 6.08. The molecule has 0 saturated carbocycles. The van der Waals surface area contributed by atoms with Gasteiger partial charge in [-0.3, -0.25) is 4.79 Å². The van der Waals surface area contributed by atoms with Crippen molar-refractivity contribution in [2.75, 3.05) is 22.5 Å². The average Bonchev–Trinajstić information content (AvgIpc) is 3.28. The predicted octanol–water partition coefficient (Wildman–Crippen LogP) is 4.45. The summed E-state index contributed by atoms with van der Waals surface area (Å²) in [4.78, 5) is 29.2. The normalized spacial score (nSPS) is 15.5. The van der Waals surface area contributed by atoms with Gasteiger partial charge in [-0.15, -0.1) is 0 Å². The molecule has 7 heteroatoms. The van der Waals surface area contributed by atoms with Crippen LogP contribution in [-0.2, 0) is 16.8 Å². The molecule has 1 amide bonds. The van der Waals surface area contributed by atoms with E-state index in [-0.39, 0.29) is 23.9 Å². The number of aromatic nitrogens is 1. The lowest BCUT2D eigenvalue weighted by molar-refractivity contribution is 0.0535. The molecule has 5 rings (SSSR count). The summed E-state index contributed by atoms with van der Waals surface area (Å²) in [5.74, 6) is -0.202. The number of nitrogens with zero attached hydrogens (tertiary/aromatic N) is 1. The molecule has 0 aliphatic carbocycles. The van der Waals surface area contributed by atoms with Crippen LogP contribution in [0.15, 0.2) is 54.7 Å². The first-order valence-electron chi connectivity index (χ1n) is 10.1. The molecule has 3 aromatic rings. The van der Waals surface area contributed by atoms with Crippen LogP contribution >= 0.6 is 0 Å². The minimum absolute atomic E-state index is 0.0688. The lowest BCUT2D eigenvalue weighted by Crippen LogP contribution is -2.18. The highest BCUT2D eigenvalue weighted by atomic mass is 16.5. The summed E-state index contributed by atoms with van der Waals surface area (Å²) in [7, 11) is 0. The Morgan fingerprint density at radius 2 is 2.03 bits per heavy atom. The van der Waals surface area contributed by atoms with Gasteiger partial charge in [-0.2, -0.15) is 0 Å². The summed E-state index contributed by atoms with van der Waals surface area (Å²) in [5, 5.41) is 9.56. The number of cyclic esters (lactones) is 1. The Balaban J connectivity index is 1.40. The highest BCUT2D eigenvalue weighted by Gasteiger charge is 2.29. The van der Waals surface area contributed by atoms with E-state index in [0.29, 0.717) is 28.3 Å². The first kappa shape index (κ1) is 19.1. The lowest BCUT2D eigenvalue weighted by Gasteiger charge is -2.17. The molecule has 0 spiro atoms. The number of nitrogens with one attached hydrogen (secondary N) is 3.